The molecule has 4 rings (SSSR count). The van der Waals surface area contributed by atoms with Crippen LogP contribution in [0, 0.1) is 13.8 Å². The highest BCUT2D eigenvalue weighted by Gasteiger charge is 2.09. The number of hydrogen-bond acceptors (Lipinski definition) is 3. The molecule has 2 N–H and O–H groups in total. The van der Waals surface area contributed by atoms with E-state index < -0.39 is 0 Å². The van der Waals surface area contributed by atoms with Crippen molar-refractivity contribution in [2.45, 2.75) is 18.7 Å². The number of thioether (sulfide) groups is 1. The molecule has 0 aliphatic carbocycles. The van der Waals surface area contributed by atoms with Gasteiger partial charge in [-0.15, -0.1) is 11.8 Å². The van der Waals surface area contributed by atoms with Crippen LogP contribution in [0.15, 0.2) is 89.8 Å². The van der Waals surface area contributed by atoms with E-state index >= 15 is 0 Å². The van der Waals surface area contributed by atoms with E-state index in [0.29, 0.717) is 17.0 Å². The van der Waals surface area contributed by atoms with Crippen LogP contribution in [0.4, 0.5) is 11.4 Å². The normalized spacial score (nSPS) is 10.7. The van der Waals surface area contributed by atoms with Gasteiger partial charge >= 0.3 is 0 Å². The van der Waals surface area contributed by atoms with Gasteiger partial charge in [-0.2, -0.15) is 0 Å². The molecular weight excluding hydrogens is 416 g/mol. The molecule has 0 unspecified atom stereocenters. The average molecular weight is 441 g/mol. The van der Waals surface area contributed by atoms with Gasteiger partial charge in [0.2, 0.25) is 5.91 Å². The van der Waals surface area contributed by atoms with Gasteiger partial charge in [-0.1, -0.05) is 42.5 Å². The fourth-order valence-corrected chi connectivity index (χ4v) is 4.07. The summed E-state index contributed by atoms with van der Waals surface area (Å²) < 4.78 is 0. The molecule has 0 saturated carbocycles. The van der Waals surface area contributed by atoms with Crippen LogP contribution in [0.1, 0.15) is 21.5 Å². The first kappa shape index (κ1) is 21.7. The molecule has 0 spiro atoms. The van der Waals surface area contributed by atoms with E-state index in [1.807, 2.05) is 98.8 Å². The summed E-state index contributed by atoms with van der Waals surface area (Å²) in [5.74, 6) is 0.123. The van der Waals surface area contributed by atoms with Crippen molar-refractivity contribution in [3.8, 4) is 0 Å². The lowest BCUT2D eigenvalue weighted by molar-refractivity contribution is -0.113. The first-order chi connectivity index (χ1) is 15.5. The topological polar surface area (TPSA) is 58.2 Å². The first-order valence-corrected chi connectivity index (χ1v) is 11.4. The lowest BCUT2D eigenvalue weighted by Crippen LogP contribution is -2.15. The molecule has 4 aromatic rings. The molecule has 0 aliphatic rings. The summed E-state index contributed by atoms with van der Waals surface area (Å²) in [5.41, 5.74) is 4.33. The van der Waals surface area contributed by atoms with Gasteiger partial charge in [-0.25, -0.2) is 0 Å². The summed E-state index contributed by atoms with van der Waals surface area (Å²) in [5, 5.41) is 8.04. The first-order valence-electron chi connectivity index (χ1n) is 10.4. The molecule has 0 atom stereocenters. The second-order valence-corrected chi connectivity index (χ2v) is 8.74. The largest absolute Gasteiger partial charge is 0.325 e. The predicted octanol–water partition coefficient (Wildman–Crippen LogP) is 6.44. The number of fused-ring (bicyclic) bond motifs is 1. The number of benzene rings is 4. The van der Waals surface area contributed by atoms with Gasteiger partial charge in [0.25, 0.3) is 5.91 Å². The highest BCUT2D eigenvalue weighted by Crippen LogP contribution is 2.23. The van der Waals surface area contributed by atoms with E-state index in [9.17, 15) is 9.59 Å². The highest BCUT2D eigenvalue weighted by atomic mass is 32.2. The van der Waals surface area contributed by atoms with Gasteiger partial charge in [0.1, 0.15) is 0 Å². The molecule has 0 bridgehead atoms. The summed E-state index contributed by atoms with van der Waals surface area (Å²) >= 11 is 1.46. The van der Waals surface area contributed by atoms with E-state index in [0.717, 1.165) is 32.5 Å². The third-order valence-electron chi connectivity index (χ3n) is 5.16. The molecule has 0 heterocycles. The minimum Gasteiger partial charge on any atom is -0.325 e. The van der Waals surface area contributed by atoms with Gasteiger partial charge < -0.3 is 10.6 Å². The van der Waals surface area contributed by atoms with E-state index in [1.165, 1.54) is 11.8 Å². The van der Waals surface area contributed by atoms with Crippen molar-refractivity contribution < 1.29 is 9.59 Å². The fourth-order valence-electron chi connectivity index (χ4n) is 3.37. The minimum atomic E-state index is -0.149. The smallest absolute Gasteiger partial charge is 0.255 e. The van der Waals surface area contributed by atoms with Crippen molar-refractivity contribution in [1.82, 2.24) is 0 Å². The zero-order valence-corrected chi connectivity index (χ0v) is 18.8. The number of aryl methyl sites for hydroxylation is 2. The lowest BCUT2D eigenvalue weighted by atomic mass is 10.1. The number of anilines is 2. The third kappa shape index (κ3) is 5.37. The highest BCUT2D eigenvalue weighted by molar-refractivity contribution is 8.00. The Balaban J connectivity index is 1.33. The van der Waals surface area contributed by atoms with Crippen LogP contribution in [-0.2, 0) is 4.79 Å². The molecular formula is C27H24N2O2S. The summed E-state index contributed by atoms with van der Waals surface area (Å²) in [4.78, 5) is 25.9. The van der Waals surface area contributed by atoms with Crippen LogP contribution >= 0.6 is 11.8 Å². The summed E-state index contributed by atoms with van der Waals surface area (Å²) in [7, 11) is 0. The van der Waals surface area contributed by atoms with Crippen LogP contribution in [-0.4, -0.2) is 17.6 Å². The standard InChI is InChI=1S/C27H24N2O2S/c1-18-7-8-19(2)25(15-18)29-26(30)17-32-24-13-11-23(12-14-24)28-27(31)22-10-9-20-5-3-4-6-21(20)16-22/h3-16H,17H2,1-2H3,(H,28,31)(H,29,30). The Morgan fingerprint density at radius 3 is 2.31 bits per heavy atom. The number of amides is 2. The Labute approximate surface area is 192 Å². The molecule has 0 aliphatic heterocycles. The number of carbonyl (C=O) groups excluding carboxylic acids is 2. The van der Waals surface area contributed by atoms with Crippen molar-refractivity contribution in [1.29, 1.82) is 0 Å². The van der Waals surface area contributed by atoms with Gasteiger partial charge in [0.05, 0.1) is 5.75 Å². The van der Waals surface area contributed by atoms with Crippen molar-refractivity contribution in [2.75, 3.05) is 16.4 Å². The quantitative estimate of drug-likeness (QED) is 0.339. The summed E-state index contributed by atoms with van der Waals surface area (Å²) in [6.45, 7) is 3.98. The van der Waals surface area contributed by atoms with Crippen LogP contribution < -0.4 is 10.6 Å². The van der Waals surface area contributed by atoms with Crippen LogP contribution in [0.2, 0.25) is 0 Å². The molecule has 160 valence electrons. The maximum Gasteiger partial charge on any atom is 0.255 e. The predicted molar refractivity (Wildman–Crippen MR) is 134 cm³/mol. The second-order valence-electron chi connectivity index (χ2n) is 7.70. The van der Waals surface area contributed by atoms with E-state index in [1.54, 1.807) is 0 Å². The van der Waals surface area contributed by atoms with Crippen LogP contribution in [0.3, 0.4) is 0 Å². The third-order valence-corrected chi connectivity index (χ3v) is 6.17. The molecule has 0 fully saturated rings. The van der Waals surface area contributed by atoms with E-state index in [4.69, 9.17) is 0 Å². The van der Waals surface area contributed by atoms with E-state index in [2.05, 4.69) is 10.6 Å². The number of nitrogens with one attached hydrogen (secondary N) is 2. The number of carbonyl (C=O) groups is 2. The SMILES string of the molecule is Cc1ccc(C)c(NC(=O)CSc2ccc(NC(=O)c3ccc4ccccc4c3)cc2)c1. The molecule has 4 nitrogen and oxygen atoms in total. The number of rotatable bonds is 6. The summed E-state index contributed by atoms with van der Waals surface area (Å²) in [6, 6.07) is 27.2. The van der Waals surface area contributed by atoms with Gasteiger partial charge in [-0.05, 0) is 78.2 Å². The van der Waals surface area contributed by atoms with Crippen LogP contribution in [0.5, 0.6) is 0 Å². The zero-order chi connectivity index (χ0) is 22.5. The molecule has 0 radical (unpaired) electrons. The van der Waals surface area contributed by atoms with Crippen molar-refractivity contribution in [2.24, 2.45) is 0 Å². The van der Waals surface area contributed by atoms with Crippen molar-refractivity contribution in [3.05, 3.63) is 102 Å². The zero-order valence-electron chi connectivity index (χ0n) is 18.0. The van der Waals surface area contributed by atoms with Crippen molar-refractivity contribution >= 4 is 45.7 Å². The second kappa shape index (κ2) is 9.71. The molecule has 4 aromatic carbocycles. The van der Waals surface area contributed by atoms with Crippen LogP contribution in [0.25, 0.3) is 10.8 Å². The Morgan fingerprint density at radius 2 is 1.53 bits per heavy atom. The monoisotopic (exact) mass is 440 g/mol. The maximum absolute atomic E-state index is 12.6. The lowest BCUT2D eigenvalue weighted by Gasteiger charge is -2.10. The minimum absolute atomic E-state index is 0.0441. The molecule has 2 amide bonds. The summed E-state index contributed by atoms with van der Waals surface area (Å²) in [6.07, 6.45) is 0. The molecule has 32 heavy (non-hydrogen) atoms. The van der Waals surface area contributed by atoms with Gasteiger partial charge in [0.15, 0.2) is 0 Å². The Hall–Kier alpha value is -3.57. The molecule has 0 saturated heterocycles. The molecule has 0 aromatic heterocycles. The molecule has 5 heteroatoms. The Morgan fingerprint density at radius 1 is 0.781 bits per heavy atom. The maximum atomic E-state index is 12.6. The Kier molecular flexibility index (Phi) is 6.57. The fraction of sp³-hybridized carbons (Fsp3) is 0.111. The Bertz CT molecular complexity index is 1280. The average Bonchev–Trinajstić information content (AvgIpc) is 2.80. The van der Waals surface area contributed by atoms with Gasteiger partial charge in [-0.3, -0.25) is 9.59 Å². The van der Waals surface area contributed by atoms with E-state index in [-0.39, 0.29) is 11.8 Å². The van der Waals surface area contributed by atoms with Gasteiger partial charge in [0, 0.05) is 21.8 Å². The van der Waals surface area contributed by atoms with Crippen molar-refractivity contribution in [3.63, 3.8) is 0 Å². The number of hydrogen-bond donors (Lipinski definition) is 2.